The van der Waals surface area contributed by atoms with Gasteiger partial charge in [0.1, 0.15) is 6.33 Å². The molecular formula is C15H21N7O. The van der Waals surface area contributed by atoms with E-state index in [1.807, 2.05) is 31.9 Å². The predicted molar refractivity (Wildman–Crippen MR) is 85.4 cm³/mol. The van der Waals surface area contributed by atoms with Crippen LogP contribution in [0, 0.1) is 0 Å². The lowest BCUT2D eigenvalue weighted by Gasteiger charge is -2.18. The second kappa shape index (κ2) is 5.94. The van der Waals surface area contributed by atoms with Gasteiger partial charge in [-0.3, -0.25) is 0 Å². The van der Waals surface area contributed by atoms with Gasteiger partial charge < -0.3 is 9.42 Å². The molecule has 0 aliphatic carbocycles. The second-order valence-electron chi connectivity index (χ2n) is 6.27. The van der Waals surface area contributed by atoms with E-state index < -0.39 is 0 Å². The second-order valence-corrected chi connectivity index (χ2v) is 6.27. The Morgan fingerprint density at radius 2 is 2.00 bits per heavy atom. The molecule has 0 radical (unpaired) electrons. The van der Waals surface area contributed by atoms with Gasteiger partial charge in [0.15, 0.2) is 5.82 Å². The van der Waals surface area contributed by atoms with Gasteiger partial charge in [-0.05, 0) is 12.0 Å². The Kier molecular flexibility index (Phi) is 3.97. The van der Waals surface area contributed by atoms with E-state index in [1.165, 1.54) is 0 Å². The van der Waals surface area contributed by atoms with Crippen LogP contribution < -0.4 is 4.90 Å². The average Bonchev–Trinajstić information content (AvgIpc) is 3.14. The third-order valence-electron chi connectivity index (χ3n) is 3.64. The molecule has 23 heavy (non-hydrogen) atoms. The Morgan fingerprint density at radius 3 is 2.65 bits per heavy atom. The molecule has 8 heteroatoms. The van der Waals surface area contributed by atoms with Crippen molar-refractivity contribution in [3.8, 4) is 0 Å². The quantitative estimate of drug-likeness (QED) is 0.714. The number of fused-ring (bicyclic) bond motifs is 1. The lowest BCUT2D eigenvalue weighted by molar-refractivity contribution is 0.371. The summed E-state index contributed by atoms with van der Waals surface area (Å²) in [6.07, 6.45) is 1.61. The highest BCUT2D eigenvalue weighted by molar-refractivity contribution is 5.68. The highest BCUT2D eigenvalue weighted by atomic mass is 16.5. The molecule has 0 aliphatic rings. The summed E-state index contributed by atoms with van der Waals surface area (Å²) in [5.74, 6) is 1.86. The van der Waals surface area contributed by atoms with Crippen molar-refractivity contribution in [2.45, 2.75) is 46.1 Å². The first kappa shape index (κ1) is 15.4. The lowest BCUT2D eigenvalue weighted by Crippen LogP contribution is -2.19. The van der Waals surface area contributed by atoms with Crippen molar-refractivity contribution in [2.75, 3.05) is 11.9 Å². The molecular weight excluding hydrogens is 294 g/mol. The van der Waals surface area contributed by atoms with E-state index in [9.17, 15) is 0 Å². The first-order chi connectivity index (χ1) is 11.0. The van der Waals surface area contributed by atoms with Crippen LogP contribution in [-0.4, -0.2) is 37.0 Å². The molecule has 0 spiro atoms. The molecule has 0 aliphatic heterocycles. The summed E-state index contributed by atoms with van der Waals surface area (Å²) in [6, 6.07) is 2.04. The van der Waals surface area contributed by atoms with E-state index in [2.05, 4.69) is 39.3 Å². The molecule has 0 atom stereocenters. The van der Waals surface area contributed by atoms with Crippen LogP contribution >= 0.6 is 0 Å². The third-order valence-corrected chi connectivity index (χ3v) is 3.64. The standard InChI is InChI=1S/C15H21N7O/c1-9(2)11-6-12(15-18-16-8-22(15)19-11)21(5)7-13-17-14(10(3)4)20-23-13/h6,8-10H,7H2,1-5H3. The molecule has 0 bridgehead atoms. The fourth-order valence-electron chi connectivity index (χ4n) is 2.25. The highest BCUT2D eigenvalue weighted by Gasteiger charge is 2.17. The molecule has 0 N–H and O–H groups in total. The van der Waals surface area contributed by atoms with Gasteiger partial charge in [-0.25, -0.2) is 0 Å². The highest BCUT2D eigenvalue weighted by Crippen LogP contribution is 2.24. The Balaban J connectivity index is 1.92. The molecule has 3 rings (SSSR count). The fourth-order valence-corrected chi connectivity index (χ4v) is 2.25. The van der Waals surface area contributed by atoms with Gasteiger partial charge >= 0.3 is 0 Å². The molecule has 122 valence electrons. The van der Waals surface area contributed by atoms with E-state index in [0.29, 0.717) is 24.0 Å². The van der Waals surface area contributed by atoms with Crippen molar-refractivity contribution >= 4 is 11.3 Å². The molecule has 8 nitrogen and oxygen atoms in total. The smallest absolute Gasteiger partial charge is 0.246 e. The van der Waals surface area contributed by atoms with Gasteiger partial charge in [-0.2, -0.15) is 14.6 Å². The third kappa shape index (κ3) is 3.01. The summed E-state index contributed by atoms with van der Waals surface area (Å²) < 4.78 is 7.03. The maximum atomic E-state index is 5.33. The maximum Gasteiger partial charge on any atom is 0.246 e. The van der Waals surface area contributed by atoms with Crippen molar-refractivity contribution in [3.05, 3.63) is 29.8 Å². The Labute approximate surface area is 134 Å². The molecule has 0 saturated carbocycles. The van der Waals surface area contributed by atoms with Gasteiger partial charge in [0, 0.05) is 13.0 Å². The zero-order valence-electron chi connectivity index (χ0n) is 14.1. The largest absolute Gasteiger partial charge is 0.362 e. The minimum Gasteiger partial charge on any atom is -0.362 e. The van der Waals surface area contributed by atoms with Gasteiger partial charge in [0.25, 0.3) is 0 Å². The van der Waals surface area contributed by atoms with Crippen LogP contribution in [0.4, 0.5) is 5.69 Å². The number of rotatable bonds is 5. The van der Waals surface area contributed by atoms with Crippen LogP contribution in [0.1, 0.15) is 56.9 Å². The van der Waals surface area contributed by atoms with Crippen LogP contribution in [0.2, 0.25) is 0 Å². The van der Waals surface area contributed by atoms with Crippen LogP contribution in [0.5, 0.6) is 0 Å². The van der Waals surface area contributed by atoms with Crippen LogP contribution in [0.15, 0.2) is 16.9 Å². The van der Waals surface area contributed by atoms with Crippen molar-refractivity contribution in [1.29, 1.82) is 0 Å². The topological polar surface area (TPSA) is 85.2 Å². The number of anilines is 1. The van der Waals surface area contributed by atoms with Crippen LogP contribution in [0.3, 0.4) is 0 Å². The predicted octanol–water partition coefficient (Wildman–Crippen LogP) is 2.39. The van der Waals surface area contributed by atoms with E-state index in [4.69, 9.17) is 4.52 Å². The summed E-state index contributed by atoms with van der Waals surface area (Å²) in [5.41, 5.74) is 2.62. The monoisotopic (exact) mass is 315 g/mol. The Hall–Kier alpha value is -2.51. The molecule has 0 fully saturated rings. The van der Waals surface area contributed by atoms with Gasteiger partial charge in [0.2, 0.25) is 11.5 Å². The first-order valence-electron chi connectivity index (χ1n) is 7.70. The lowest BCUT2D eigenvalue weighted by atomic mass is 10.1. The zero-order valence-corrected chi connectivity index (χ0v) is 14.1. The van der Waals surface area contributed by atoms with Crippen molar-refractivity contribution in [1.82, 2.24) is 30.0 Å². The number of hydrogen-bond donors (Lipinski definition) is 0. The molecule has 3 aromatic heterocycles. The fraction of sp³-hybridized carbons (Fsp3) is 0.533. The summed E-state index contributed by atoms with van der Waals surface area (Å²) in [5, 5.41) is 16.6. The molecule has 0 unspecified atom stereocenters. The maximum absolute atomic E-state index is 5.33. The van der Waals surface area contributed by atoms with E-state index in [0.717, 1.165) is 17.2 Å². The van der Waals surface area contributed by atoms with Crippen molar-refractivity contribution in [2.24, 2.45) is 0 Å². The molecule has 0 aromatic carbocycles. The van der Waals surface area contributed by atoms with E-state index in [-0.39, 0.29) is 5.92 Å². The van der Waals surface area contributed by atoms with Gasteiger partial charge in [-0.15, -0.1) is 10.2 Å². The normalized spacial score (nSPS) is 11.8. The minimum atomic E-state index is 0.245. The molecule has 3 aromatic rings. The zero-order chi connectivity index (χ0) is 16.6. The van der Waals surface area contributed by atoms with Crippen LogP contribution in [-0.2, 0) is 6.54 Å². The van der Waals surface area contributed by atoms with Gasteiger partial charge in [0.05, 0.1) is 17.9 Å². The minimum absolute atomic E-state index is 0.245. The number of aromatic nitrogens is 6. The number of nitrogens with zero attached hydrogens (tertiary/aromatic N) is 7. The first-order valence-corrected chi connectivity index (χ1v) is 7.70. The summed E-state index contributed by atoms with van der Waals surface area (Å²) in [7, 11) is 1.97. The summed E-state index contributed by atoms with van der Waals surface area (Å²) in [6.45, 7) is 8.79. The summed E-state index contributed by atoms with van der Waals surface area (Å²) >= 11 is 0. The van der Waals surface area contributed by atoms with Crippen molar-refractivity contribution in [3.63, 3.8) is 0 Å². The van der Waals surface area contributed by atoms with E-state index >= 15 is 0 Å². The average molecular weight is 315 g/mol. The van der Waals surface area contributed by atoms with Crippen molar-refractivity contribution < 1.29 is 4.52 Å². The SMILES string of the molecule is CC(C)c1cc(N(C)Cc2nc(C(C)C)no2)c2nncn2n1. The Morgan fingerprint density at radius 1 is 1.22 bits per heavy atom. The Bertz CT molecular complexity index is 805. The summed E-state index contributed by atoms with van der Waals surface area (Å²) in [4.78, 5) is 6.45. The van der Waals surface area contributed by atoms with E-state index in [1.54, 1.807) is 10.8 Å². The van der Waals surface area contributed by atoms with Gasteiger partial charge in [-0.1, -0.05) is 32.9 Å². The molecule has 3 heterocycles. The number of hydrogen-bond acceptors (Lipinski definition) is 7. The molecule has 0 saturated heterocycles. The van der Waals surface area contributed by atoms with Crippen LogP contribution in [0.25, 0.3) is 5.65 Å². The molecule has 0 amide bonds.